The number of nitrogens with two attached hydrogens (primary N) is 1. The summed E-state index contributed by atoms with van der Waals surface area (Å²) in [7, 11) is 2.02. The highest BCUT2D eigenvalue weighted by Crippen LogP contribution is 2.54. The Balaban J connectivity index is 1.61. The molecule has 102 valence electrons. The zero-order valence-corrected chi connectivity index (χ0v) is 11.5. The lowest BCUT2D eigenvalue weighted by Gasteiger charge is -2.38. The minimum Gasteiger partial charge on any atom is -0.342 e. The summed E-state index contributed by atoms with van der Waals surface area (Å²) in [5.74, 6) is 3.06. The monoisotopic (exact) mass is 250 g/mol. The molecule has 0 saturated heterocycles. The second kappa shape index (κ2) is 4.84. The molecule has 4 atom stereocenters. The topological polar surface area (TPSA) is 46.3 Å². The molecule has 0 aromatic heterocycles. The van der Waals surface area contributed by atoms with Crippen LogP contribution in [0.3, 0.4) is 0 Å². The zero-order valence-electron chi connectivity index (χ0n) is 11.5. The van der Waals surface area contributed by atoms with E-state index in [9.17, 15) is 4.79 Å². The van der Waals surface area contributed by atoms with E-state index in [1.807, 2.05) is 7.05 Å². The molecule has 3 fully saturated rings. The Hall–Kier alpha value is -0.570. The minimum absolute atomic E-state index is 0.333. The fourth-order valence-corrected chi connectivity index (χ4v) is 4.34. The lowest BCUT2D eigenvalue weighted by atomic mass is 9.83. The van der Waals surface area contributed by atoms with Gasteiger partial charge in [-0.2, -0.15) is 0 Å². The van der Waals surface area contributed by atoms with Gasteiger partial charge in [0.15, 0.2) is 0 Å². The van der Waals surface area contributed by atoms with Crippen LogP contribution < -0.4 is 5.73 Å². The van der Waals surface area contributed by atoms with Crippen molar-refractivity contribution in [1.82, 2.24) is 4.90 Å². The van der Waals surface area contributed by atoms with Crippen LogP contribution in [0.5, 0.6) is 0 Å². The molecular weight excluding hydrogens is 224 g/mol. The predicted molar refractivity (Wildman–Crippen MR) is 71.9 cm³/mol. The van der Waals surface area contributed by atoms with E-state index >= 15 is 0 Å². The Labute approximate surface area is 110 Å². The third kappa shape index (κ3) is 2.18. The maximum Gasteiger partial charge on any atom is 0.225 e. The number of rotatable bonds is 3. The third-order valence-electron chi connectivity index (χ3n) is 5.61. The number of carbonyl (C=O) groups is 1. The van der Waals surface area contributed by atoms with E-state index in [2.05, 4.69) is 4.90 Å². The lowest BCUT2D eigenvalue weighted by molar-refractivity contribution is -0.138. The molecule has 4 unspecified atom stereocenters. The van der Waals surface area contributed by atoms with Gasteiger partial charge in [0.05, 0.1) is 0 Å². The largest absolute Gasteiger partial charge is 0.342 e. The zero-order chi connectivity index (χ0) is 12.7. The van der Waals surface area contributed by atoms with Crippen molar-refractivity contribution in [2.75, 3.05) is 13.6 Å². The summed E-state index contributed by atoms with van der Waals surface area (Å²) < 4.78 is 0. The maximum atomic E-state index is 12.6. The molecule has 3 heteroatoms. The van der Waals surface area contributed by atoms with E-state index in [-0.39, 0.29) is 0 Å². The highest BCUT2D eigenvalue weighted by atomic mass is 16.2. The SMILES string of the molecule is CN(C(=O)C1CC2CC2C1)C1CCCCC1CN. The van der Waals surface area contributed by atoms with Crippen LogP contribution in [-0.4, -0.2) is 30.4 Å². The van der Waals surface area contributed by atoms with Gasteiger partial charge in [-0.25, -0.2) is 0 Å². The first kappa shape index (κ1) is 12.5. The molecule has 1 amide bonds. The van der Waals surface area contributed by atoms with Gasteiger partial charge in [-0.15, -0.1) is 0 Å². The van der Waals surface area contributed by atoms with Crippen molar-refractivity contribution in [3.63, 3.8) is 0 Å². The van der Waals surface area contributed by atoms with E-state index in [4.69, 9.17) is 5.73 Å². The highest BCUT2D eigenvalue weighted by molar-refractivity contribution is 5.79. The van der Waals surface area contributed by atoms with Gasteiger partial charge in [0.2, 0.25) is 5.91 Å². The highest BCUT2D eigenvalue weighted by Gasteiger charge is 2.49. The number of amides is 1. The van der Waals surface area contributed by atoms with E-state index in [0.29, 0.717) is 23.8 Å². The number of hydrogen-bond acceptors (Lipinski definition) is 2. The average molecular weight is 250 g/mol. The second-order valence-electron chi connectivity index (χ2n) is 6.72. The third-order valence-corrected chi connectivity index (χ3v) is 5.61. The number of nitrogens with zero attached hydrogens (tertiary/aromatic N) is 1. The van der Waals surface area contributed by atoms with Crippen LogP contribution in [0.25, 0.3) is 0 Å². The fourth-order valence-electron chi connectivity index (χ4n) is 4.34. The van der Waals surface area contributed by atoms with E-state index in [1.54, 1.807) is 0 Å². The molecule has 0 aromatic rings. The Morgan fingerprint density at radius 2 is 1.83 bits per heavy atom. The van der Waals surface area contributed by atoms with Crippen LogP contribution in [0.1, 0.15) is 44.9 Å². The standard InChI is InChI=1S/C15H26N2O/c1-17(14-5-3-2-4-10(14)9-16)15(18)13-7-11-6-12(11)8-13/h10-14H,2-9,16H2,1H3. The molecule has 3 rings (SSSR count). The average Bonchev–Trinajstić information content (AvgIpc) is 3.03. The first-order valence-electron chi connectivity index (χ1n) is 7.67. The number of fused-ring (bicyclic) bond motifs is 1. The van der Waals surface area contributed by atoms with Crippen molar-refractivity contribution in [3.05, 3.63) is 0 Å². The molecule has 3 saturated carbocycles. The Kier molecular flexibility index (Phi) is 3.35. The molecule has 0 radical (unpaired) electrons. The van der Waals surface area contributed by atoms with Crippen LogP contribution in [0.15, 0.2) is 0 Å². The van der Waals surface area contributed by atoms with Crippen molar-refractivity contribution in [3.8, 4) is 0 Å². The molecule has 3 nitrogen and oxygen atoms in total. The van der Waals surface area contributed by atoms with Crippen LogP contribution in [0.4, 0.5) is 0 Å². The quantitative estimate of drug-likeness (QED) is 0.833. The molecule has 3 aliphatic rings. The number of carbonyl (C=O) groups excluding carboxylic acids is 1. The van der Waals surface area contributed by atoms with Crippen LogP contribution in [0, 0.1) is 23.7 Å². The van der Waals surface area contributed by atoms with Crippen molar-refractivity contribution in [1.29, 1.82) is 0 Å². The van der Waals surface area contributed by atoms with Crippen molar-refractivity contribution in [2.24, 2.45) is 29.4 Å². The molecular formula is C15H26N2O. The Bertz CT molecular complexity index is 320. The molecule has 0 aliphatic heterocycles. The molecule has 0 heterocycles. The molecule has 0 bridgehead atoms. The number of hydrogen-bond donors (Lipinski definition) is 1. The minimum atomic E-state index is 0.333. The predicted octanol–water partition coefficient (Wildman–Crippen LogP) is 2.01. The van der Waals surface area contributed by atoms with Gasteiger partial charge >= 0.3 is 0 Å². The summed E-state index contributed by atoms with van der Waals surface area (Å²) in [6.45, 7) is 0.734. The Morgan fingerprint density at radius 1 is 1.17 bits per heavy atom. The first-order chi connectivity index (χ1) is 8.70. The summed E-state index contributed by atoms with van der Waals surface area (Å²) in [5, 5.41) is 0. The molecule has 0 spiro atoms. The van der Waals surface area contributed by atoms with Crippen LogP contribution >= 0.6 is 0 Å². The van der Waals surface area contributed by atoms with E-state index in [0.717, 1.165) is 37.6 Å². The Morgan fingerprint density at radius 3 is 2.50 bits per heavy atom. The second-order valence-corrected chi connectivity index (χ2v) is 6.72. The van der Waals surface area contributed by atoms with Gasteiger partial charge in [0.25, 0.3) is 0 Å². The lowest BCUT2D eigenvalue weighted by Crippen LogP contribution is -2.47. The normalized spacial score (nSPS) is 42.4. The maximum absolute atomic E-state index is 12.6. The summed E-state index contributed by atoms with van der Waals surface area (Å²) in [6.07, 6.45) is 8.62. The van der Waals surface area contributed by atoms with Gasteiger partial charge in [0.1, 0.15) is 0 Å². The summed E-state index contributed by atoms with van der Waals surface area (Å²) in [4.78, 5) is 14.6. The smallest absolute Gasteiger partial charge is 0.225 e. The van der Waals surface area contributed by atoms with Crippen LogP contribution in [0.2, 0.25) is 0 Å². The summed E-state index contributed by atoms with van der Waals surface area (Å²) >= 11 is 0. The van der Waals surface area contributed by atoms with Crippen molar-refractivity contribution < 1.29 is 4.79 Å². The van der Waals surface area contributed by atoms with Gasteiger partial charge in [-0.05, 0) is 56.4 Å². The molecule has 3 aliphatic carbocycles. The first-order valence-corrected chi connectivity index (χ1v) is 7.67. The van der Waals surface area contributed by atoms with E-state index < -0.39 is 0 Å². The fraction of sp³-hybridized carbons (Fsp3) is 0.933. The van der Waals surface area contributed by atoms with Gasteiger partial charge in [-0.1, -0.05) is 12.8 Å². The molecule has 0 aromatic carbocycles. The molecule has 18 heavy (non-hydrogen) atoms. The van der Waals surface area contributed by atoms with Crippen molar-refractivity contribution in [2.45, 2.75) is 51.0 Å². The van der Waals surface area contributed by atoms with Gasteiger partial charge in [0, 0.05) is 19.0 Å². The van der Waals surface area contributed by atoms with Crippen LogP contribution in [-0.2, 0) is 4.79 Å². The van der Waals surface area contributed by atoms with Crippen molar-refractivity contribution >= 4 is 5.91 Å². The van der Waals surface area contributed by atoms with E-state index in [1.165, 1.54) is 25.7 Å². The summed E-state index contributed by atoms with van der Waals surface area (Å²) in [5.41, 5.74) is 5.88. The van der Waals surface area contributed by atoms with Gasteiger partial charge < -0.3 is 10.6 Å². The van der Waals surface area contributed by atoms with Gasteiger partial charge in [-0.3, -0.25) is 4.79 Å². The molecule has 2 N–H and O–H groups in total. The summed E-state index contributed by atoms with van der Waals surface area (Å²) in [6, 6.07) is 0.410.